The average Bonchev–Trinajstić information content (AvgIpc) is 2.31. The van der Waals surface area contributed by atoms with Crippen molar-refractivity contribution in [2.24, 2.45) is 5.73 Å². The van der Waals surface area contributed by atoms with Crippen molar-refractivity contribution >= 4 is 15.9 Å². The van der Waals surface area contributed by atoms with Gasteiger partial charge in [-0.05, 0) is 36.2 Å². The lowest BCUT2D eigenvalue weighted by Gasteiger charge is -2.25. The van der Waals surface area contributed by atoms with Gasteiger partial charge in [0.05, 0.1) is 5.54 Å². The van der Waals surface area contributed by atoms with Crippen molar-refractivity contribution in [2.75, 3.05) is 0 Å². The van der Waals surface area contributed by atoms with Gasteiger partial charge in [0.15, 0.2) is 0 Å². The molecular weight excluding hydrogens is 264 g/mol. The molecular formula is C13H13BrN2. The van der Waals surface area contributed by atoms with Crippen LogP contribution in [-0.2, 0) is 5.54 Å². The van der Waals surface area contributed by atoms with Crippen LogP contribution >= 0.6 is 15.9 Å². The molecule has 0 bridgehead atoms. The van der Waals surface area contributed by atoms with E-state index in [9.17, 15) is 0 Å². The third-order valence-corrected chi connectivity index (χ3v) is 3.23. The Bertz CT molecular complexity index is 463. The molecule has 16 heavy (non-hydrogen) atoms. The molecule has 0 aliphatic heterocycles. The maximum Gasteiger partial charge on any atom is 0.0652 e. The highest BCUT2D eigenvalue weighted by atomic mass is 79.9. The van der Waals surface area contributed by atoms with Gasteiger partial charge in [0, 0.05) is 16.9 Å². The third-order valence-electron chi connectivity index (χ3n) is 2.71. The zero-order valence-electron chi connectivity index (χ0n) is 9.02. The summed E-state index contributed by atoms with van der Waals surface area (Å²) in [5.41, 5.74) is 7.93. The van der Waals surface area contributed by atoms with Gasteiger partial charge in [-0.3, -0.25) is 4.98 Å². The van der Waals surface area contributed by atoms with Crippen LogP contribution in [0.3, 0.4) is 0 Å². The van der Waals surface area contributed by atoms with Gasteiger partial charge in [0.25, 0.3) is 0 Å². The fourth-order valence-corrected chi connectivity index (χ4v) is 1.90. The van der Waals surface area contributed by atoms with E-state index in [-0.39, 0.29) is 0 Å². The second-order valence-electron chi connectivity index (χ2n) is 3.95. The van der Waals surface area contributed by atoms with Crippen LogP contribution in [0.25, 0.3) is 0 Å². The van der Waals surface area contributed by atoms with Gasteiger partial charge >= 0.3 is 0 Å². The van der Waals surface area contributed by atoms with Crippen LogP contribution in [0.4, 0.5) is 0 Å². The Morgan fingerprint density at radius 2 is 1.81 bits per heavy atom. The standard InChI is InChI=1S/C13H13BrN2/c1-13(15,11-3-2-8-16-9-11)10-4-6-12(14)7-5-10/h2-9H,15H2,1H3. The number of nitrogens with zero attached hydrogens (tertiary/aromatic N) is 1. The smallest absolute Gasteiger partial charge is 0.0652 e. The molecule has 0 amide bonds. The highest BCUT2D eigenvalue weighted by Crippen LogP contribution is 2.26. The van der Waals surface area contributed by atoms with Crippen LogP contribution < -0.4 is 5.73 Å². The molecule has 1 aromatic carbocycles. The fraction of sp³-hybridized carbons (Fsp3) is 0.154. The van der Waals surface area contributed by atoms with E-state index in [1.54, 1.807) is 6.20 Å². The molecule has 2 N–H and O–H groups in total. The van der Waals surface area contributed by atoms with E-state index in [0.29, 0.717) is 0 Å². The van der Waals surface area contributed by atoms with Gasteiger partial charge in [-0.15, -0.1) is 0 Å². The Balaban J connectivity index is 2.43. The number of aromatic nitrogens is 1. The maximum atomic E-state index is 6.35. The highest BCUT2D eigenvalue weighted by Gasteiger charge is 2.23. The van der Waals surface area contributed by atoms with Crippen molar-refractivity contribution in [3.8, 4) is 0 Å². The highest BCUT2D eigenvalue weighted by molar-refractivity contribution is 9.10. The largest absolute Gasteiger partial charge is 0.318 e. The molecule has 3 heteroatoms. The number of pyridine rings is 1. The molecule has 0 saturated carbocycles. The summed E-state index contributed by atoms with van der Waals surface area (Å²) < 4.78 is 1.05. The first-order valence-corrected chi connectivity index (χ1v) is 5.85. The number of hydrogen-bond acceptors (Lipinski definition) is 2. The van der Waals surface area contributed by atoms with Gasteiger partial charge in [-0.1, -0.05) is 34.1 Å². The predicted molar refractivity (Wildman–Crippen MR) is 69.0 cm³/mol. The quantitative estimate of drug-likeness (QED) is 0.916. The zero-order chi connectivity index (χ0) is 11.6. The second-order valence-corrected chi connectivity index (χ2v) is 4.87. The number of rotatable bonds is 2. The van der Waals surface area contributed by atoms with Crippen LogP contribution in [0, 0.1) is 0 Å². The lowest BCUT2D eigenvalue weighted by molar-refractivity contribution is 0.600. The molecule has 0 radical (unpaired) electrons. The summed E-state index contributed by atoms with van der Waals surface area (Å²) in [6.45, 7) is 1.99. The minimum absolute atomic E-state index is 0.505. The summed E-state index contributed by atoms with van der Waals surface area (Å²) in [5.74, 6) is 0. The van der Waals surface area contributed by atoms with Crippen molar-refractivity contribution in [2.45, 2.75) is 12.5 Å². The Kier molecular flexibility index (Phi) is 3.08. The molecule has 0 aliphatic carbocycles. The maximum absolute atomic E-state index is 6.35. The second kappa shape index (κ2) is 4.36. The summed E-state index contributed by atoms with van der Waals surface area (Å²) in [6.07, 6.45) is 3.56. The molecule has 0 aliphatic rings. The van der Waals surface area contributed by atoms with Crippen molar-refractivity contribution in [3.05, 3.63) is 64.4 Å². The molecule has 2 nitrogen and oxygen atoms in total. The Morgan fingerprint density at radius 3 is 2.38 bits per heavy atom. The molecule has 1 unspecified atom stereocenters. The molecule has 2 aromatic rings. The summed E-state index contributed by atoms with van der Waals surface area (Å²) in [5, 5.41) is 0. The first-order valence-electron chi connectivity index (χ1n) is 5.06. The Morgan fingerprint density at radius 1 is 1.12 bits per heavy atom. The summed E-state index contributed by atoms with van der Waals surface area (Å²) in [7, 11) is 0. The lowest BCUT2D eigenvalue weighted by Crippen LogP contribution is -2.34. The average molecular weight is 277 g/mol. The molecule has 1 atom stereocenters. The number of halogens is 1. The van der Waals surface area contributed by atoms with E-state index < -0.39 is 5.54 Å². The topological polar surface area (TPSA) is 38.9 Å². The van der Waals surface area contributed by atoms with Gasteiger partial charge in [-0.2, -0.15) is 0 Å². The predicted octanol–water partition coefficient (Wildman–Crippen LogP) is 3.07. The number of benzene rings is 1. The van der Waals surface area contributed by atoms with Crippen LogP contribution in [0.5, 0.6) is 0 Å². The van der Waals surface area contributed by atoms with E-state index in [4.69, 9.17) is 5.73 Å². The van der Waals surface area contributed by atoms with E-state index in [2.05, 4.69) is 20.9 Å². The first kappa shape index (κ1) is 11.3. The number of nitrogens with two attached hydrogens (primary N) is 1. The first-order chi connectivity index (χ1) is 7.60. The Hall–Kier alpha value is -1.19. The summed E-state index contributed by atoms with van der Waals surface area (Å²) in [4.78, 5) is 4.10. The molecule has 1 aromatic heterocycles. The molecule has 0 saturated heterocycles. The van der Waals surface area contributed by atoms with Gasteiger partial charge in [0.2, 0.25) is 0 Å². The van der Waals surface area contributed by atoms with Crippen LogP contribution in [0.1, 0.15) is 18.1 Å². The van der Waals surface area contributed by atoms with Crippen molar-refractivity contribution in [1.29, 1.82) is 0 Å². The molecule has 2 rings (SSSR count). The van der Waals surface area contributed by atoms with E-state index >= 15 is 0 Å². The SMILES string of the molecule is CC(N)(c1ccc(Br)cc1)c1cccnc1. The van der Waals surface area contributed by atoms with E-state index in [1.807, 2.05) is 49.5 Å². The normalized spacial score (nSPS) is 14.4. The lowest BCUT2D eigenvalue weighted by atomic mass is 9.87. The van der Waals surface area contributed by atoms with Gasteiger partial charge in [0.1, 0.15) is 0 Å². The molecule has 0 spiro atoms. The zero-order valence-corrected chi connectivity index (χ0v) is 10.6. The van der Waals surface area contributed by atoms with Crippen LogP contribution in [-0.4, -0.2) is 4.98 Å². The summed E-state index contributed by atoms with van der Waals surface area (Å²) in [6, 6.07) is 11.9. The van der Waals surface area contributed by atoms with Crippen molar-refractivity contribution < 1.29 is 0 Å². The number of hydrogen-bond donors (Lipinski definition) is 1. The molecule has 1 heterocycles. The van der Waals surface area contributed by atoms with Crippen molar-refractivity contribution in [1.82, 2.24) is 4.98 Å². The molecule has 0 fully saturated rings. The van der Waals surface area contributed by atoms with Crippen LogP contribution in [0.2, 0.25) is 0 Å². The van der Waals surface area contributed by atoms with E-state index in [0.717, 1.165) is 15.6 Å². The van der Waals surface area contributed by atoms with Crippen LogP contribution in [0.15, 0.2) is 53.3 Å². The van der Waals surface area contributed by atoms with Gasteiger partial charge < -0.3 is 5.73 Å². The van der Waals surface area contributed by atoms with Crippen molar-refractivity contribution in [3.63, 3.8) is 0 Å². The minimum atomic E-state index is -0.505. The molecule has 82 valence electrons. The fourth-order valence-electron chi connectivity index (χ4n) is 1.63. The minimum Gasteiger partial charge on any atom is -0.318 e. The van der Waals surface area contributed by atoms with E-state index in [1.165, 1.54) is 0 Å². The van der Waals surface area contributed by atoms with Gasteiger partial charge in [-0.25, -0.2) is 0 Å². The summed E-state index contributed by atoms with van der Waals surface area (Å²) >= 11 is 3.42. The monoisotopic (exact) mass is 276 g/mol. The Labute approximate surface area is 104 Å². The third kappa shape index (κ3) is 2.15.